The van der Waals surface area contributed by atoms with Gasteiger partial charge in [0.2, 0.25) is 5.71 Å². The monoisotopic (exact) mass is 559 g/mol. The normalized spacial score (nSPS) is 26.7. The highest BCUT2D eigenvalue weighted by atomic mass is 16.6. The van der Waals surface area contributed by atoms with Crippen molar-refractivity contribution in [2.75, 3.05) is 19.7 Å². The van der Waals surface area contributed by atoms with Crippen LogP contribution in [-0.2, 0) is 14.4 Å². The summed E-state index contributed by atoms with van der Waals surface area (Å²) >= 11 is 0. The lowest BCUT2D eigenvalue weighted by molar-refractivity contribution is -0.136. The molecule has 1 N–H and O–H groups in total. The van der Waals surface area contributed by atoms with Gasteiger partial charge in [0.15, 0.2) is 12.3 Å². The molecule has 1 amide bonds. The van der Waals surface area contributed by atoms with Crippen LogP contribution in [0.2, 0.25) is 0 Å². The zero-order valence-corrected chi connectivity index (χ0v) is 23.7. The molecule has 5 atom stereocenters. The van der Waals surface area contributed by atoms with Crippen LogP contribution in [0.15, 0.2) is 58.1 Å². The summed E-state index contributed by atoms with van der Waals surface area (Å²) in [7, 11) is 0. The summed E-state index contributed by atoms with van der Waals surface area (Å²) in [5, 5.41) is 13.7. The van der Waals surface area contributed by atoms with Crippen molar-refractivity contribution in [1.82, 2.24) is 19.4 Å². The number of hydrogen-bond acceptors (Lipinski definition) is 7. The summed E-state index contributed by atoms with van der Waals surface area (Å²) in [4.78, 5) is 52.3. The molecule has 0 radical (unpaired) electrons. The number of carbonyl (C=O) groups is 2. The molecule has 3 heterocycles. The number of hydrogen-bond donors (Lipinski definition) is 1. The minimum absolute atomic E-state index is 0.106. The molecule has 10 nitrogen and oxygen atoms in total. The average molecular weight is 560 g/mol. The Kier molecular flexibility index (Phi) is 7.17. The number of rotatable bonds is 9. The lowest BCUT2D eigenvalue weighted by atomic mass is 9.49. The summed E-state index contributed by atoms with van der Waals surface area (Å²) in [6, 6.07) is 7.84. The molecule has 3 unspecified atom stereocenters. The van der Waals surface area contributed by atoms with Crippen molar-refractivity contribution in [3.8, 4) is 0 Å². The standard InChI is InChI=1S/C31H37N5O5/c1-4-34(5-2)27(37)17-41-33-29(31(39)40)28-30(38)36(26-12-7-6-11-25(26)32-28)21-13-19-9-8-10-20(14-21)35(19)16-24-22-15-23(24)18(22)3/h6-7,11-12,16,19-23H,3-5,8-10,13-15,17H2,1-2H3,(H,39,40)/b24-16?,33-29-/t19-,20+,21?,22?,23?. The summed E-state index contributed by atoms with van der Waals surface area (Å²) in [6.45, 7) is 8.46. The van der Waals surface area contributed by atoms with Crippen molar-refractivity contribution in [3.05, 3.63) is 64.2 Å². The van der Waals surface area contributed by atoms with Gasteiger partial charge in [-0.2, -0.15) is 0 Å². The maximum Gasteiger partial charge on any atom is 0.360 e. The first kappa shape index (κ1) is 27.2. The molecule has 216 valence electrons. The molecule has 0 spiro atoms. The van der Waals surface area contributed by atoms with Crippen LogP contribution in [0.5, 0.6) is 0 Å². The smallest absolute Gasteiger partial charge is 0.360 e. The van der Waals surface area contributed by atoms with E-state index < -0.39 is 23.8 Å². The van der Waals surface area contributed by atoms with Gasteiger partial charge in [-0.05, 0) is 70.1 Å². The number of nitrogens with zero attached hydrogens (tertiary/aromatic N) is 5. The molecular formula is C31H37N5O5. The number of aromatic nitrogens is 2. The van der Waals surface area contributed by atoms with E-state index in [9.17, 15) is 19.5 Å². The van der Waals surface area contributed by atoms with Gasteiger partial charge in [-0.1, -0.05) is 29.4 Å². The quantitative estimate of drug-likeness (QED) is 0.283. The van der Waals surface area contributed by atoms with Crippen LogP contribution >= 0.6 is 0 Å². The maximum atomic E-state index is 14.0. The fourth-order valence-corrected chi connectivity index (χ4v) is 7.14. The Morgan fingerprint density at radius 1 is 1.12 bits per heavy atom. The molecule has 2 aliphatic heterocycles. The number of benzene rings is 1. The number of carboxylic acid groups (broad SMARTS) is 1. The SMILES string of the molecule is C=C1C2CC1C2=CN1[C@@H]2CCC[C@H]1CC(n1c(=O)c(/C(=N/OCC(=O)N(CC)CC)C(=O)O)nc3ccccc31)C2. The predicted octanol–water partition coefficient (Wildman–Crippen LogP) is 3.72. The third-order valence-corrected chi connectivity index (χ3v) is 9.52. The number of piperidine rings is 2. The van der Waals surface area contributed by atoms with E-state index in [1.807, 2.05) is 32.0 Å². The van der Waals surface area contributed by atoms with Crippen LogP contribution in [-0.4, -0.2) is 73.8 Å². The van der Waals surface area contributed by atoms with Crippen LogP contribution in [0.4, 0.5) is 0 Å². The van der Waals surface area contributed by atoms with Gasteiger partial charge in [-0.15, -0.1) is 0 Å². The van der Waals surface area contributed by atoms with Gasteiger partial charge in [-0.25, -0.2) is 9.78 Å². The molecular weight excluding hydrogens is 522 g/mol. The molecule has 1 aromatic heterocycles. The number of carboxylic acids is 1. The predicted molar refractivity (Wildman–Crippen MR) is 154 cm³/mol. The van der Waals surface area contributed by atoms with Crippen molar-refractivity contribution in [1.29, 1.82) is 0 Å². The fraction of sp³-hybridized carbons (Fsp3) is 0.516. The van der Waals surface area contributed by atoms with Gasteiger partial charge < -0.3 is 24.3 Å². The van der Waals surface area contributed by atoms with E-state index in [-0.39, 0.29) is 17.6 Å². The molecule has 2 saturated heterocycles. The fourth-order valence-electron chi connectivity index (χ4n) is 7.14. The molecule has 41 heavy (non-hydrogen) atoms. The summed E-state index contributed by atoms with van der Waals surface area (Å²) in [5.41, 5.74) is 2.68. The Labute approximate surface area is 239 Å². The van der Waals surface area contributed by atoms with Crippen LogP contribution in [0, 0.1) is 11.8 Å². The lowest BCUT2D eigenvalue weighted by Gasteiger charge is -2.58. The molecule has 3 aliphatic carbocycles. The summed E-state index contributed by atoms with van der Waals surface area (Å²) in [6.07, 6.45) is 8.50. The Bertz CT molecular complexity index is 1490. The van der Waals surface area contributed by atoms with Crippen LogP contribution in [0.1, 0.15) is 64.1 Å². The lowest BCUT2D eigenvalue weighted by Crippen LogP contribution is -2.53. The van der Waals surface area contributed by atoms with Crippen molar-refractivity contribution in [3.63, 3.8) is 0 Å². The highest BCUT2D eigenvalue weighted by Gasteiger charge is 2.52. The Morgan fingerprint density at radius 2 is 1.80 bits per heavy atom. The highest BCUT2D eigenvalue weighted by molar-refractivity contribution is 6.41. The molecule has 7 rings (SSSR count). The zero-order chi connectivity index (χ0) is 28.8. The van der Waals surface area contributed by atoms with Crippen LogP contribution < -0.4 is 5.56 Å². The van der Waals surface area contributed by atoms with E-state index in [4.69, 9.17) is 4.84 Å². The summed E-state index contributed by atoms with van der Waals surface area (Å²) < 4.78 is 1.73. The van der Waals surface area contributed by atoms with Crippen LogP contribution in [0.25, 0.3) is 11.0 Å². The number of amides is 1. The average Bonchev–Trinajstić information content (AvgIpc) is 2.93. The summed E-state index contributed by atoms with van der Waals surface area (Å²) in [5.74, 6) is -0.633. The molecule has 2 aromatic rings. The molecule has 4 bridgehead atoms. The second-order valence-corrected chi connectivity index (χ2v) is 11.6. The zero-order valence-electron chi connectivity index (χ0n) is 23.7. The van der Waals surface area contributed by atoms with Crippen molar-refractivity contribution >= 4 is 28.6 Å². The van der Waals surface area contributed by atoms with E-state index in [0.29, 0.717) is 48.0 Å². The van der Waals surface area contributed by atoms with Gasteiger partial charge in [0, 0.05) is 49.3 Å². The number of fused-ring (bicyclic) bond motifs is 3. The first-order valence-electron chi connectivity index (χ1n) is 14.7. The number of para-hydroxylation sites is 2. The molecule has 5 aliphatic rings. The van der Waals surface area contributed by atoms with Crippen molar-refractivity contribution in [2.24, 2.45) is 17.0 Å². The number of oxime groups is 1. The topological polar surface area (TPSA) is 117 Å². The highest BCUT2D eigenvalue weighted by Crippen LogP contribution is 2.62. The van der Waals surface area contributed by atoms with E-state index in [2.05, 4.69) is 27.8 Å². The van der Waals surface area contributed by atoms with Crippen LogP contribution in [0.3, 0.4) is 0 Å². The number of allylic oxidation sites excluding steroid dienone is 2. The number of aliphatic carboxylic acids is 1. The largest absolute Gasteiger partial charge is 0.476 e. The van der Waals surface area contributed by atoms with Gasteiger partial charge in [0.05, 0.1) is 11.0 Å². The Balaban J connectivity index is 1.32. The van der Waals surface area contributed by atoms with E-state index in [0.717, 1.165) is 32.1 Å². The molecule has 10 heteroatoms. The van der Waals surface area contributed by atoms with Crippen molar-refractivity contribution < 1.29 is 19.5 Å². The Hall–Kier alpha value is -3.95. The first-order valence-corrected chi connectivity index (χ1v) is 14.7. The molecule has 3 saturated carbocycles. The number of carbonyl (C=O) groups excluding carboxylic acids is 1. The maximum absolute atomic E-state index is 14.0. The third kappa shape index (κ3) is 4.63. The minimum atomic E-state index is -1.44. The molecule has 5 fully saturated rings. The van der Waals surface area contributed by atoms with Crippen molar-refractivity contribution in [2.45, 2.75) is 70.5 Å². The first-order chi connectivity index (χ1) is 19.8. The molecule has 1 aromatic carbocycles. The number of likely N-dealkylation sites (N-methyl/N-ethyl adjacent to an activating group) is 1. The van der Waals surface area contributed by atoms with E-state index >= 15 is 0 Å². The van der Waals surface area contributed by atoms with E-state index in [1.54, 1.807) is 15.5 Å². The van der Waals surface area contributed by atoms with Gasteiger partial charge in [0.25, 0.3) is 11.5 Å². The Morgan fingerprint density at radius 3 is 2.41 bits per heavy atom. The van der Waals surface area contributed by atoms with Gasteiger partial charge in [0.1, 0.15) is 0 Å². The third-order valence-electron chi connectivity index (χ3n) is 9.52. The van der Waals surface area contributed by atoms with Gasteiger partial charge in [-0.3, -0.25) is 9.59 Å². The van der Waals surface area contributed by atoms with Gasteiger partial charge >= 0.3 is 5.97 Å². The van der Waals surface area contributed by atoms with E-state index in [1.165, 1.54) is 17.6 Å². The second kappa shape index (κ2) is 10.8. The minimum Gasteiger partial charge on any atom is -0.476 e. The second-order valence-electron chi connectivity index (χ2n) is 11.6.